The van der Waals surface area contributed by atoms with E-state index in [4.69, 9.17) is 13.9 Å². The number of furan rings is 1. The van der Waals surface area contributed by atoms with Crippen molar-refractivity contribution < 1.29 is 18.7 Å². The summed E-state index contributed by atoms with van der Waals surface area (Å²) in [6, 6.07) is 25.2. The second-order valence-corrected chi connectivity index (χ2v) is 8.53. The fourth-order valence-corrected chi connectivity index (χ4v) is 5.08. The molecule has 0 radical (unpaired) electrons. The van der Waals surface area contributed by atoms with Crippen LogP contribution in [0.5, 0.6) is 11.5 Å². The number of benzene rings is 3. The summed E-state index contributed by atoms with van der Waals surface area (Å²) in [5, 5.41) is 1.05. The molecule has 1 aliphatic rings. The summed E-state index contributed by atoms with van der Waals surface area (Å²) in [7, 11) is 3.31. The molecule has 3 aromatic carbocycles. The van der Waals surface area contributed by atoms with Crippen molar-refractivity contribution in [2.45, 2.75) is 12.6 Å². The maximum absolute atomic E-state index is 13.7. The molecule has 1 N–H and O–H groups in total. The first-order valence-corrected chi connectivity index (χ1v) is 11.4. The van der Waals surface area contributed by atoms with Gasteiger partial charge in [-0.15, -0.1) is 0 Å². The van der Waals surface area contributed by atoms with Crippen LogP contribution in [0.15, 0.2) is 89.5 Å². The lowest BCUT2D eigenvalue weighted by Gasteiger charge is -2.26. The van der Waals surface area contributed by atoms with Gasteiger partial charge >= 0.3 is 0 Å². The minimum Gasteiger partial charge on any atom is -0.497 e. The van der Waals surface area contributed by atoms with Crippen LogP contribution in [0.3, 0.4) is 0 Å². The van der Waals surface area contributed by atoms with Gasteiger partial charge in [-0.2, -0.15) is 0 Å². The Morgan fingerprint density at radius 2 is 1.74 bits per heavy atom. The quantitative estimate of drug-likeness (QED) is 0.325. The van der Waals surface area contributed by atoms with Gasteiger partial charge in [-0.05, 0) is 48.0 Å². The van der Waals surface area contributed by atoms with Crippen molar-refractivity contribution in [3.05, 3.63) is 108 Å². The van der Waals surface area contributed by atoms with E-state index in [1.165, 1.54) is 0 Å². The van der Waals surface area contributed by atoms with Gasteiger partial charge in [0, 0.05) is 27.6 Å². The van der Waals surface area contributed by atoms with Crippen LogP contribution in [0.25, 0.3) is 22.2 Å². The van der Waals surface area contributed by atoms with Gasteiger partial charge in [-0.1, -0.05) is 36.4 Å². The first kappa shape index (κ1) is 21.1. The number of fused-ring (bicyclic) bond motifs is 2. The summed E-state index contributed by atoms with van der Waals surface area (Å²) in [5.41, 5.74) is 5.43. The molecule has 0 aliphatic carbocycles. The monoisotopic (exact) mass is 464 g/mol. The highest BCUT2D eigenvalue weighted by molar-refractivity contribution is 6.02. The minimum absolute atomic E-state index is 0.0177. The molecule has 6 nitrogen and oxygen atoms in total. The third-order valence-electron chi connectivity index (χ3n) is 6.66. The van der Waals surface area contributed by atoms with E-state index in [0.29, 0.717) is 17.9 Å². The average Bonchev–Trinajstić information content (AvgIpc) is 3.61. The highest BCUT2D eigenvalue weighted by Crippen LogP contribution is 2.47. The number of carbonyl (C=O) groups excluding carboxylic acids is 1. The third-order valence-corrected chi connectivity index (χ3v) is 6.66. The second-order valence-electron chi connectivity index (χ2n) is 8.53. The van der Waals surface area contributed by atoms with Crippen molar-refractivity contribution in [1.82, 2.24) is 9.88 Å². The Kier molecular flexibility index (Phi) is 5.07. The van der Waals surface area contributed by atoms with Crippen LogP contribution in [0.1, 0.15) is 33.3 Å². The molecule has 6 heteroatoms. The maximum Gasteiger partial charge on any atom is 0.255 e. The molecule has 3 heterocycles. The molecule has 0 spiro atoms. The van der Waals surface area contributed by atoms with Gasteiger partial charge in [0.15, 0.2) is 0 Å². The average molecular weight is 465 g/mol. The van der Waals surface area contributed by atoms with E-state index in [-0.39, 0.29) is 11.9 Å². The third kappa shape index (κ3) is 3.37. The van der Waals surface area contributed by atoms with Crippen LogP contribution in [-0.2, 0) is 6.54 Å². The number of amides is 1. The smallest absolute Gasteiger partial charge is 0.255 e. The largest absolute Gasteiger partial charge is 0.497 e. The molecule has 0 unspecified atom stereocenters. The van der Waals surface area contributed by atoms with Crippen LogP contribution in [0.2, 0.25) is 0 Å². The van der Waals surface area contributed by atoms with E-state index in [1.54, 1.807) is 20.5 Å². The Balaban J connectivity index is 1.64. The number of nitrogens with zero attached hydrogens (tertiary/aromatic N) is 1. The van der Waals surface area contributed by atoms with Gasteiger partial charge in [0.1, 0.15) is 17.3 Å². The van der Waals surface area contributed by atoms with E-state index in [9.17, 15) is 4.79 Å². The first-order chi connectivity index (χ1) is 17.2. The van der Waals surface area contributed by atoms with Gasteiger partial charge in [0.2, 0.25) is 0 Å². The van der Waals surface area contributed by atoms with Crippen molar-refractivity contribution in [1.29, 1.82) is 0 Å². The van der Waals surface area contributed by atoms with Gasteiger partial charge in [0.25, 0.3) is 5.91 Å². The topological polar surface area (TPSA) is 67.7 Å². The number of aromatic amines is 1. The molecular formula is C29H24N2O4. The Labute approximate surface area is 202 Å². The summed E-state index contributed by atoms with van der Waals surface area (Å²) in [4.78, 5) is 19.2. The van der Waals surface area contributed by atoms with E-state index >= 15 is 0 Å². The zero-order valence-corrected chi connectivity index (χ0v) is 19.4. The maximum atomic E-state index is 13.7. The molecule has 5 aromatic rings. The van der Waals surface area contributed by atoms with Crippen molar-refractivity contribution in [2.75, 3.05) is 14.2 Å². The summed E-state index contributed by atoms with van der Waals surface area (Å²) >= 11 is 0. The SMILES string of the molecule is COc1ccc(OC)c(-c2[nH]c3ccccc3c2[C@@H]2c3ccccc3C(=O)N2Cc2ccco2)c1. The van der Waals surface area contributed by atoms with E-state index in [0.717, 1.165) is 44.8 Å². The molecule has 0 bridgehead atoms. The summed E-state index contributed by atoms with van der Waals surface area (Å²) in [6.45, 7) is 0.360. The highest BCUT2D eigenvalue weighted by atomic mass is 16.5. The van der Waals surface area contributed by atoms with Crippen LogP contribution in [0.4, 0.5) is 0 Å². The number of H-pyrrole nitrogens is 1. The van der Waals surface area contributed by atoms with Crippen molar-refractivity contribution in [3.8, 4) is 22.8 Å². The van der Waals surface area contributed by atoms with Crippen LogP contribution >= 0.6 is 0 Å². The number of nitrogens with one attached hydrogen (secondary N) is 1. The predicted molar refractivity (Wildman–Crippen MR) is 134 cm³/mol. The number of hydrogen-bond donors (Lipinski definition) is 1. The lowest BCUT2D eigenvalue weighted by atomic mass is 9.92. The number of hydrogen-bond acceptors (Lipinski definition) is 4. The molecule has 35 heavy (non-hydrogen) atoms. The number of methoxy groups -OCH3 is 2. The summed E-state index contributed by atoms with van der Waals surface area (Å²) < 4.78 is 16.9. The minimum atomic E-state index is -0.314. The van der Waals surface area contributed by atoms with Crippen molar-refractivity contribution in [3.63, 3.8) is 0 Å². The number of aromatic nitrogens is 1. The molecule has 1 atom stereocenters. The fraction of sp³-hybridized carbons (Fsp3) is 0.138. The number of rotatable bonds is 6. The number of carbonyl (C=O) groups is 1. The van der Waals surface area contributed by atoms with E-state index < -0.39 is 0 Å². The molecule has 1 aliphatic heterocycles. The Hall–Kier alpha value is -4.45. The second kappa shape index (κ2) is 8.40. The van der Waals surface area contributed by atoms with Gasteiger partial charge in [0.05, 0.1) is 38.8 Å². The summed E-state index contributed by atoms with van der Waals surface area (Å²) in [6.07, 6.45) is 1.64. The lowest BCUT2D eigenvalue weighted by Crippen LogP contribution is -2.28. The molecular weight excluding hydrogens is 440 g/mol. The fourth-order valence-electron chi connectivity index (χ4n) is 5.08. The van der Waals surface area contributed by atoms with Crippen molar-refractivity contribution >= 4 is 16.8 Å². The van der Waals surface area contributed by atoms with Crippen LogP contribution < -0.4 is 9.47 Å². The molecule has 1 amide bonds. The molecule has 2 aromatic heterocycles. The first-order valence-electron chi connectivity index (χ1n) is 11.4. The molecule has 0 saturated heterocycles. The number of para-hydroxylation sites is 1. The van der Waals surface area contributed by atoms with Gasteiger partial charge in [-0.3, -0.25) is 4.79 Å². The predicted octanol–water partition coefficient (Wildman–Crippen LogP) is 6.19. The zero-order chi connectivity index (χ0) is 23.9. The van der Waals surface area contributed by atoms with E-state index in [2.05, 4.69) is 17.1 Å². The van der Waals surface area contributed by atoms with Gasteiger partial charge in [-0.25, -0.2) is 0 Å². The Bertz CT molecular complexity index is 1530. The Morgan fingerprint density at radius 1 is 0.914 bits per heavy atom. The van der Waals surface area contributed by atoms with Crippen molar-refractivity contribution in [2.24, 2.45) is 0 Å². The number of ether oxygens (including phenoxy) is 2. The Morgan fingerprint density at radius 3 is 2.54 bits per heavy atom. The van der Waals surface area contributed by atoms with E-state index in [1.807, 2.05) is 71.6 Å². The van der Waals surface area contributed by atoms with Crippen LogP contribution in [-0.4, -0.2) is 30.0 Å². The molecule has 174 valence electrons. The molecule has 0 fully saturated rings. The molecule has 0 saturated carbocycles. The summed E-state index contributed by atoms with van der Waals surface area (Å²) in [5.74, 6) is 2.15. The highest BCUT2D eigenvalue weighted by Gasteiger charge is 2.40. The van der Waals surface area contributed by atoms with Crippen LogP contribution in [0, 0.1) is 0 Å². The lowest BCUT2D eigenvalue weighted by molar-refractivity contribution is 0.0724. The normalized spacial score (nSPS) is 15.0. The standard InChI is InChI=1S/C29H24N2O4/c1-33-18-13-14-25(34-2)23(16-18)27-26(22-11-5-6-12-24(22)30-27)28-20-9-3-4-10-21(20)29(32)31(28)17-19-8-7-15-35-19/h3-16,28,30H,17H2,1-2H3/t28-/m0/s1. The molecule has 6 rings (SSSR count). The zero-order valence-electron chi connectivity index (χ0n) is 19.4. The van der Waals surface area contributed by atoms with Gasteiger partial charge < -0.3 is 23.8 Å².